The van der Waals surface area contributed by atoms with E-state index in [0.29, 0.717) is 28.3 Å². The number of anilines is 2. The third-order valence-corrected chi connectivity index (χ3v) is 5.50. The molecule has 0 saturated carbocycles. The van der Waals surface area contributed by atoms with Crippen molar-refractivity contribution >= 4 is 40.6 Å². The van der Waals surface area contributed by atoms with E-state index < -0.39 is 4.92 Å². The highest BCUT2D eigenvalue weighted by Crippen LogP contribution is 2.24. The van der Waals surface area contributed by atoms with E-state index >= 15 is 0 Å². The van der Waals surface area contributed by atoms with E-state index in [9.17, 15) is 19.7 Å². The molecule has 0 spiro atoms. The minimum Gasteiger partial charge on any atom is -0.497 e. The van der Waals surface area contributed by atoms with Crippen molar-refractivity contribution in [3.8, 4) is 5.75 Å². The van der Waals surface area contributed by atoms with Crippen molar-refractivity contribution in [2.75, 3.05) is 23.5 Å². The number of rotatable bonds is 8. The average Bonchev–Trinajstić information content (AvgIpc) is 2.79. The van der Waals surface area contributed by atoms with Gasteiger partial charge in [-0.3, -0.25) is 19.7 Å². The van der Waals surface area contributed by atoms with Gasteiger partial charge in [0.15, 0.2) is 0 Å². The Hall–Kier alpha value is -3.85. The van der Waals surface area contributed by atoms with Crippen LogP contribution in [0.3, 0.4) is 0 Å². The third-order valence-electron chi connectivity index (χ3n) is 4.51. The molecule has 2 amide bonds. The molecule has 0 heterocycles. The highest BCUT2D eigenvalue weighted by Gasteiger charge is 2.11. The van der Waals surface area contributed by atoms with Gasteiger partial charge in [0.05, 0.1) is 17.8 Å². The molecule has 8 nitrogen and oxygen atoms in total. The normalized spacial score (nSPS) is 10.3. The molecule has 0 unspecified atom stereocenters. The van der Waals surface area contributed by atoms with E-state index in [2.05, 4.69) is 10.6 Å². The van der Waals surface area contributed by atoms with Crippen LogP contribution in [0.1, 0.15) is 15.9 Å². The van der Waals surface area contributed by atoms with Crippen LogP contribution in [0.25, 0.3) is 0 Å². The van der Waals surface area contributed by atoms with Gasteiger partial charge in [-0.25, -0.2) is 0 Å². The first kappa shape index (κ1) is 22.8. The molecule has 9 heteroatoms. The zero-order valence-corrected chi connectivity index (χ0v) is 18.3. The molecule has 0 aliphatic carbocycles. The highest BCUT2D eigenvalue weighted by atomic mass is 32.2. The number of nitrogens with zero attached hydrogens (tertiary/aromatic N) is 1. The summed E-state index contributed by atoms with van der Waals surface area (Å²) in [6.07, 6.45) is 0. The molecular weight excluding hydrogens is 430 g/mol. The Morgan fingerprint density at radius 2 is 1.78 bits per heavy atom. The molecule has 0 radical (unpaired) electrons. The number of non-ortho nitro benzene ring substituents is 1. The Kier molecular flexibility index (Phi) is 7.45. The maximum atomic E-state index is 12.4. The highest BCUT2D eigenvalue weighted by molar-refractivity contribution is 8.00. The molecule has 0 aliphatic rings. The van der Waals surface area contributed by atoms with Crippen LogP contribution >= 0.6 is 11.8 Å². The van der Waals surface area contributed by atoms with Gasteiger partial charge < -0.3 is 15.4 Å². The largest absolute Gasteiger partial charge is 0.497 e. The van der Waals surface area contributed by atoms with Gasteiger partial charge in [-0.15, -0.1) is 11.8 Å². The van der Waals surface area contributed by atoms with Crippen molar-refractivity contribution in [1.82, 2.24) is 0 Å². The second-order valence-corrected chi connectivity index (χ2v) is 7.85. The number of nitro benzene ring substituents is 1. The van der Waals surface area contributed by atoms with Crippen LogP contribution < -0.4 is 15.4 Å². The van der Waals surface area contributed by atoms with Gasteiger partial charge in [-0.2, -0.15) is 0 Å². The lowest BCUT2D eigenvalue weighted by Crippen LogP contribution is -2.15. The third kappa shape index (κ3) is 6.08. The van der Waals surface area contributed by atoms with Crippen LogP contribution in [0, 0.1) is 17.0 Å². The Balaban J connectivity index is 1.56. The number of nitro groups is 1. The summed E-state index contributed by atoms with van der Waals surface area (Å²) in [6, 6.07) is 18.3. The SMILES string of the molecule is COc1ccc(C(=O)Nc2cccc(SCC(=O)Nc3ccc([N+](=O)[O-])cc3C)c2)cc1. The molecular formula is C23H21N3O5S. The molecule has 3 aromatic carbocycles. The fourth-order valence-corrected chi connectivity index (χ4v) is 3.60. The molecule has 2 N–H and O–H groups in total. The second-order valence-electron chi connectivity index (χ2n) is 6.80. The first-order chi connectivity index (χ1) is 15.4. The molecule has 0 saturated heterocycles. The first-order valence-electron chi connectivity index (χ1n) is 9.59. The summed E-state index contributed by atoms with van der Waals surface area (Å²) in [6.45, 7) is 1.70. The zero-order valence-electron chi connectivity index (χ0n) is 17.5. The van der Waals surface area contributed by atoms with Gasteiger partial charge in [0.25, 0.3) is 11.6 Å². The summed E-state index contributed by atoms with van der Waals surface area (Å²) in [5.41, 5.74) is 2.23. The predicted molar refractivity (Wildman–Crippen MR) is 125 cm³/mol. The number of aryl methyl sites for hydroxylation is 1. The Morgan fingerprint density at radius 1 is 1.03 bits per heavy atom. The van der Waals surface area contributed by atoms with Gasteiger partial charge in [-0.1, -0.05) is 6.07 Å². The minimum atomic E-state index is -0.477. The summed E-state index contributed by atoms with van der Waals surface area (Å²) >= 11 is 1.32. The number of thioether (sulfide) groups is 1. The average molecular weight is 452 g/mol. The molecule has 0 fully saturated rings. The standard InChI is InChI=1S/C23H21N3O5S/c1-15-12-18(26(29)30)8-11-21(15)25-22(27)14-32-20-5-3-4-17(13-20)24-23(28)16-6-9-19(31-2)10-7-16/h3-13H,14H2,1-2H3,(H,24,28)(H,25,27). The Bertz CT molecular complexity index is 1150. The van der Waals surface area contributed by atoms with E-state index in [1.54, 1.807) is 56.5 Å². The van der Waals surface area contributed by atoms with Crippen LogP contribution in [0.2, 0.25) is 0 Å². The number of methoxy groups -OCH3 is 1. The maximum Gasteiger partial charge on any atom is 0.269 e. The summed E-state index contributed by atoms with van der Waals surface area (Å²) in [5.74, 6) is 0.328. The molecule has 3 rings (SSSR count). The number of ether oxygens (including phenoxy) is 1. The smallest absolute Gasteiger partial charge is 0.269 e. The van der Waals surface area contributed by atoms with Crippen molar-refractivity contribution in [3.63, 3.8) is 0 Å². The lowest BCUT2D eigenvalue weighted by Gasteiger charge is -2.09. The number of carbonyl (C=O) groups is 2. The van der Waals surface area contributed by atoms with E-state index in [-0.39, 0.29) is 23.3 Å². The van der Waals surface area contributed by atoms with Gasteiger partial charge in [0.2, 0.25) is 5.91 Å². The zero-order chi connectivity index (χ0) is 23.1. The first-order valence-corrected chi connectivity index (χ1v) is 10.6. The van der Waals surface area contributed by atoms with Crippen molar-refractivity contribution in [2.24, 2.45) is 0 Å². The maximum absolute atomic E-state index is 12.4. The molecule has 32 heavy (non-hydrogen) atoms. The fourth-order valence-electron chi connectivity index (χ4n) is 2.85. The summed E-state index contributed by atoms with van der Waals surface area (Å²) < 4.78 is 5.09. The molecule has 0 atom stereocenters. The number of amides is 2. The van der Waals surface area contributed by atoms with Gasteiger partial charge in [-0.05, 0) is 61.0 Å². The van der Waals surface area contributed by atoms with E-state index in [1.807, 2.05) is 6.07 Å². The quantitative estimate of drug-likeness (QED) is 0.286. The van der Waals surface area contributed by atoms with Crippen molar-refractivity contribution < 1.29 is 19.2 Å². The number of nitrogens with one attached hydrogen (secondary N) is 2. The molecule has 0 aliphatic heterocycles. The van der Waals surface area contributed by atoms with Crippen LogP contribution in [0.5, 0.6) is 5.75 Å². The topological polar surface area (TPSA) is 111 Å². The lowest BCUT2D eigenvalue weighted by atomic mass is 10.2. The van der Waals surface area contributed by atoms with Crippen molar-refractivity contribution in [3.05, 3.63) is 88.0 Å². The van der Waals surface area contributed by atoms with Crippen LogP contribution in [0.4, 0.5) is 17.1 Å². The summed E-state index contributed by atoms with van der Waals surface area (Å²) in [4.78, 5) is 35.9. The van der Waals surface area contributed by atoms with E-state index in [1.165, 1.54) is 30.0 Å². The monoisotopic (exact) mass is 451 g/mol. The summed E-state index contributed by atoms with van der Waals surface area (Å²) in [7, 11) is 1.56. The molecule has 3 aromatic rings. The molecule has 0 bridgehead atoms. The number of benzene rings is 3. The molecule has 0 aromatic heterocycles. The predicted octanol–water partition coefficient (Wildman–Crippen LogP) is 4.89. The Labute approximate surface area is 189 Å². The lowest BCUT2D eigenvalue weighted by molar-refractivity contribution is -0.384. The van der Waals surface area contributed by atoms with Crippen molar-refractivity contribution in [1.29, 1.82) is 0 Å². The van der Waals surface area contributed by atoms with E-state index in [4.69, 9.17) is 4.74 Å². The molecule has 164 valence electrons. The van der Waals surface area contributed by atoms with Crippen LogP contribution in [-0.4, -0.2) is 29.6 Å². The van der Waals surface area contributed by atoms with Crippen molar-refractivity contribution in [2.45, 2.75) is 11.8 Å². The number of hydrogen-bond donors (Lipinski definition) is 2. The van der Waals surface area contributed by atoms with Gasteiger partial charge in [0, 0.05) is 34.0 Å². The number of carbonyl (C=O) groups excluding carboxylic acids is 2. The van der Waals surface area contributed by atoms with Crippen LogP contribution in [-0.2, 0) is 4.79 Å². The van der Waals surface area contributed by atoms with Crippen LogP contribution in [0.15, 0.2) is 71.6 Å². The Morgan fingerprint density at radius 3 is 2.44 bits per heavy atom. The minimum absolute atomic E-state index is 0.0247. The van der Waals surface area contributed by atoms with E-state index in [0.717, 1.165) is 4.90 Å². The van der Waals surface area contributed by atoms with Gasteiger partial charge >= 0.3 is 0 Å². The summed E-state index contributed by atoms with van der Waals surface area (Å²) in [5, 5.41) is 16.4. The van der Waals surface area contributed by atoms with Gasteiger partial charge in [0.1, 0.15) is 5.75 Å². The fraction of sp³-hybridized carbons (Fsp3) is 0.130. The number of hydrogen-bond acceptors (Lipinski definition) is 6. The second kappa shape index (κ2) is 10.5.